The van der Waals surface area contributed by atoms with E-state index in [1.54, 1.807) is 13.1 Å². The van der Waals surface area contributed by atoms with Crippen molar-refractivity contribution in [1.82, 2.24) is 14.9 Å². The first kappa shape index (κ1) is 20.0. The summed E-state index contributed by atoms with van der Waals surface area (Å²) in [7, 11) is 0.469. The molecule has 0 saturated carbocycles. The van der Waals surface area contributed by atoms with Gasteiger partial charge in [0.2, 0.25) is 10.0 Å². The molecular formula is C14H22Cl2N4O2S. The van der Waals surface area contributed by atoms with Crippen molar-refractivity contribution in [1.29, 1.82) is 0 Å². The first-order chi connectivity index (χ1) is 10.7. The van der Waals surface area contributed by atoms with E-state index in [2.05, 4.69) is 15.0 Å². The van der Waals surface area contributed by atoms with Crippen LogP contribution in [0.5, 0.6) is 0 Å². The van der Waals surface area contributed by atoms with Gasteiger partial charge >= 0.3 is 0 Å². The van der Waals surface area contributed by atoms with Crippen LogP contribution < -0.4 is 10.0 Å². The third kappa shape index (κ3) is 7.87. The van der Waals surface area contributed by atoms with Crippen LogP contribution in [0.1, 0.15) is 12.0 Å². The fourth-order valence-corrected chi connectivity index (χ4v) is 2.75. The summed E-state index contributed by atoms with van der Waals surface area (Å²) in [5.74, 6) is 0.718. The first-order valence-corrected chi connectivity index (χ1v) is 9.68. The molecule has 2 N–H and O–H groups in total. The number of benzene rings is 1. The van der Waals surface area contributed by atoms with Gasteiger partial charge in [-0.15, -0.1) is 0 Å². The van der Waals surface area contributed by atoms with Crippen LogP contribution in [0.3, 0.4) is 0 Å². The van der Waals surface area contributed by atoms with Gasteiger partial charge < -0.3 is 10.2 Å². The maximum Gasteiger partial charge on any atom is 0.208 e. The van der Waals surface area contributed by atoms with Gasteiger partial charge in [-0.3, -0.25) is 4.99 Å². The molecule has 23 heavy (non-hydrogen) atoms. The van der Waals surface area contributed by atoms with E-state index in [1.807, 2.05) is 24.1 Å². The predicted octanol–water partition coefficient (Wildman–Crippen LogP) is 1.94. The van der Waals surface area contributed by atoms with Gasteiger partial charge in [-0.1, -0.05) is 29.3 Å². The van der Waals surface area contributed by atoms with Crippen LogP contribution >= 0.6 is 23.2 Å². The van der Waals surface area contributed by atoms with Crippen LogP contribution in [0.25, 0.3) is 0 Å². The fraction of sp³-hybridized carbons (Fsp3) is 0.500. The van der Waals surface area contributed by atoms with Crippen molar-refractivity contribution >= 4 is 39.2 Å². The molecule has 0 radical (unpaired) electrons. The third-order valence-electron chi connectivity index (χ3n) is 2.98. The van der Waals surface area contributed by atoms with Crippen LogP contribution in [-0.4, -0.2) is 52.7 Å². The van der Waals surface area contributed by atoms with Crippen molar-refractivity contribution in [3.8, 4) is 0 Å². The molecule has 0 spiro atoms. The van der Waals surface area contributed by atoms with Gasteiger partial charge in [-0.05, 0) is 24.1 Å². The molecule has 0 saturated heterocycles. The lowest BCUT2D eigenvalue weighted by Crippen LogP contribution is -2.39. The largest absolute Gasteiger partial charge is 0.356 e. The van der Waals surface area contributed by atoms with Crippen LogP contribution in [0.15, 0.2) is 23.2 Å². The molecule has 0 aliphatic heterocycles. The number of nitrogens with zero attached hydrogens (tertiary/aromatic N) is 2. The Bertz CT molecular complexity index is 650. The smallest absolute Gasteiger partial charge is 0.208 e. The summed E-state index contributed by atoms with van der Waals surface area (Å²) in [6.07, 6.45) is 1.80. The van der Waals surface area contributed by atoms with E-state index < -0.39 is 10.0 Å². The molecule has 0 unspecified atom stereocenters. The van der Waals surface area contributed by atoms with Gasteiger partial charge in [0.1, 0.15) is 0 Å². The molecule has 0 bridgehead atoms. The second kappa shape index (κ2) is 9.32. The molecule has 0 atom stereocenters. The molecule has 0 amide bonds. The maximum atomic E-state index is 11.0. The van der Waals surface area contributed by atoms with E-state index in [4.69, 9.17) is 23.2 Å². The monoisotopic (exact) mass is 380 g/mol. The van der Waals surface area contributed by atoms with E-state index in [0.717, 1.165) is 17.8 Å². The Balaban J connectivity index is 2.46. The molecule has 1 aromatic carbocycles. The summed E-state index contributed by atoms with van der Waals surface area (Å²) in [6, 6.07) is 5.50. The van der Waals surface area contributed by atoms with Gasteiger partial charge in [0.25, 0.3) is 0 Å². The summed E-state index contributed by atoms with van der Waals surface area (Å²) in [5.41, 5.74) is 1.02. The molecular weight excluding hydrogens is 359 g/mol. The minimum Gasteiger partial charge on any atom is -0.356 e. The number of hydrogen-bond donors (Lipinski definition) is 2. The highest BCUT2D eigenvalue weighted by molar-refractivity contribution is 7.88. The van der Waals surface area contributed by atoms with Crippen molar-refractivity contribution in [2.45, 2.75) is 13.0 Å². The Morgan fingerprint density at radius 1 is 1.26 bits per heavy atom. The lowest BCUT2D eigenvalue weighted by atomic mass is 10.2. The van der Waals surface area contributed by atoms with Crippen LogP contribution in [0.4, 0.5) is 0 Å². The van der Waals surface area contributed by atoms with Crippen molar-refractivity contribution in [2.24, 2.45) is 4.99 Å². The lowest BCUT2D eigenvalue weighted by molar-refractivity contribution is 0.475. The molecule has 1 rings (SSSR count). The molecule has 0 aliphatic rings. The van der Waals surface area contributed by atoms with Gasteiger partial charge in [0, 0.05) is 33.7 Å². The SMILES string of the molecule is CN=C(NCCCNS(C)(=O)=O)N(C)Cc1ccc(Cl)c(Cl)c1. The number of guanidine groups is 1. The predicted molar refractivity (Wildman–Crippen MR) is 96.8 cm³/mol. The van der Waals surface area contributed by atoms with Crippen molar-refractivity contribution < 1.29 is 8.42 Å². The van der Waals surface area contributed by atoms with E-state index in [0.29, 0.717) is 36.1 Å². The number of sulfonamides is 1. The molecule has 0 fully saturated rings. The summed E-state index contributed by atoms with van der Waals surface area (Å²) in [4.78, 5) is 6.15. The Morgan fingerprint density at radius 2 is 1.96 bits per heavy atom. The first-order valence-electron chi connectivity index (χ1n) is 7.03. The average Bonchev–Trinajstić information content (AvgIpc) is 2.45. The highest BCUT2D eigenvalue weighted by atomic mass is 35.5. The number of nitrogens with one attached hydrogen (secondary N) is 2. The third-order valence-corrected chi connectivity index (χ3v) is 4.45. The highest BCUT2D eigenvalue weighted by Crippen LogP contribution is 2.23. The Kier molecular flexibility index (Phi) is 8.11. The summed E-state index contributed by atoms with van der Waals surface area (Å²) < 4.78 is 24.4. The van der Waals surface area contributed by atoms with Crippen molar-refractivity contribution in [2.75, 3.05) is 33.4 Å². The second-order valence-electron chi connectivity index (χ2n) is 5.10. The molecule has 130 valence electrons. The lowest BCUT2D eigenvalue weighted by Gasteiger charge is -2.22. The van der Waals surface area contributed by atoms with Gasteiger partial charge in [0.15, 0.2) is 5.96 Å². The minimum absolute atomic E-state index is 0.388. The number of rotatable bonds is 7. The normalized spacial score (nSPS) is 12.3. The topological polar surface area (TPSA) is 73.8 Å². The van der Waals surface area contributed by atoms with Gasteiger partial charge in [0.05, 0.1) is 16.3 Å². The number of hydrogen-bond acceptors (Lipinski definition) is 3. The van der Waals surface area contributed by atoms with E-state index in [9.17, 15) is 8.42 Å². The van der Waals surface area contributed by atoms with E-state index in [-0.39, 0.29) is 0 Å². The van der Waals surface area contributed by atoms with Gasteiger partial charge in [-0.2, -0.15) is 0 Å². The quantitative estimate of drug-likeness (QED) is 0.430. The average molecular weight is 381 g/mol. The maximum absolute atomic E-state index is 11.0. The molecule has 0 aliphatic carbocycles. The zero-order valence-electron chi connectivity index (χ0n) is 13.4. The fourth-order valence-electron chi connectivity index (χ4n) is 1.92. The zero-order chi connectivity index (χ0) is 17.5. The second-order valence-corrected chi connectivity index (χ2v) is 7.75. The molecule has 1 aromatic rings. The number of halogens is 2. The van der Waals surface area contributed by atoms with Crippen molar-refractivity contribution in [3.05, 3.63) is 33.8 Å². The van der Waals surface area contributed by atoms with Crippen molar-refractivity contribution in [3.63, 3.8) is 0 Å². The highest BCUT2D eigenvalue weighted by Gasteiger charge is 2.08. The zero-order valence-corrected chi connectivity index (χ0v) is 15.8. The summed E-state index contributed by atoms with van der Waals surface area (Å²) in [6.45, 7) is 1.62. The Morgan fingerprint density at radius 3 is 2.52 bits per heavy atom. The van der Waals surface area contributed by atoms with Crippen LogP contribution in [-0.2, 0) is 16.6 Å². The van der Waals surface area contributed by atoms with Gasteiger partial charge in [-0.25, -0.2) is 13.1 Å². The molecule has 0 aromatic heterocycles. The summed E-state index contributed by atoms with van der Waals surface area (Å²) in [5, 5.41) is 4.23. The molecule has 6 nitrogen and oxygen atoms in total. The Hall–Kier alpha value is -1.02. The minimum atomic E-state index is -3.14. The van der Waals surface area contributed by atoms with E-state index in [1.165, 1.54) is 0 Å². The standard InChI is InChI=1S/C14H22Cl2N4O2S/c1-17-14(18-7-4-8-19-23(3,21)22)20(2)10-11-5-6-12(15)13(16)9-11/h5-6,9,19H,4,7-8,10H2,1-3H3,(H,17,18). The van der Waals surface area contributed by atoms with Crippen LogP contribution in [0.2, 0.25) is 10.0 Å². The molecule has 9 heteroatoms. The van der Waals surface area contributed by atoms with Crippen LogP contribution in [0, 0.1) is 0 Å². The van der Waals surface area contributed by atoms with E-state index >= 15 is 0 Å². The summed E-state index contributed by atoms with van der Waals surface area (Å²) >= 11 is 11.9. The molecule has 0 heterocycles. The number of aliphatic imine (C=N–C) groups is 1. The Labute approximate surface area is 147 Å².